The second-order valence-electron chi connectivity index (χ2n) is 4.52. The number of rotatable bonds is 3. The predicted octanol–water partition coefficient (Wildman–Crippen LogP) is 4.03. The van der Waals surface area contributed by atoms with Crippen molar-refractivity contribution in [1.82, 2.24) is 4.98 Å². The van der Waals surface area contributed by atoms with E-state index in [1.165, 1.54) is 11.3 Å². The highest BCUT2D eigenvalue weighted by Gasteiger charge is 2.13. The van der Waals surface area contributed by atoms with Gasteiger partial charge in [0.05, 0.1) is 10.4 Å². The standard InChI is InChI=1S/C16H13NOS/c1-11-7-9-19-16(11)14(18)10-13-5-2-4-12-6-3-8-17-15(12)13/h2-9H,10H2,1H3. The van der Waals surface area contributed by atoms with Crippen LogP contribution in [-0.4, -0.2) is 10.8 Å². The molecule has 0 spiro atoms. The van der Waals surface area contributed by atoms with Crippen LogP contribution in [0, 0.1) is 6.92 Å². The fourth-order valence-electron chi connectivity index (χ4n) is 2.22. The largest absolute Gasteiger partial charge is 0.293 e. The number of carbonyl (C=O) groups is 1. The minimum atomic E-state index is 0.172. The van der Waals surface area contributed by atoms with Gasteiger partial charge in [-0.2, -0.15) is 0 Å². The molecule has 0 aliphatic heterocycles. The lowest BCUT2D eigenvalue weighted by molar-refractivity contribution is 0.0996. The van der Waals surface area contributed by atoms with Crippen molar-refractivity contribution in [3.8, 4) is 0 Å². The summed E-state index contributed by atoms with van der Waals surface area (Å²) in [5, 5.41) is 3.04. The first kappa shape index (κ1) is 12.1. The fourth-order valence-corrected chi connectivity index (χ4v) is 3.09. The highest BCUT2D eigenvalue weighted by molar-refractivity contribution is 7.12. The zero-order valence-corrected chi connectivity index (χ0v) is 11.4. The van der Waals surface area contributed by atoms with E-state index in [1.807, 2.05) is 48.7 Å². The van der Waals surface area contributed by atoms with E-state index in [0.29, 0.717) is 6.42 Å². The fraction of sp³-hybridized carbons (Fsp3) is 0.125. The van der Waals surface area contributed by atoms with Crippen molar-refractivity contribution >= 4 is 28.0 Å². The molecule has 3 rings (SSSR count). The van der Waals surface area contributed by atoms with Crippen LogP contribution in [0.5, 0.6) is 0 Å². The number of hydrogen-bond donors (Lipinski definition) is 0. The molecule has 0 fully saturated rings. The third kappa shape index (κ3) is 2.29. The quantitative estimate of drug-likeness (QED) is 0.671. The van der Waals surface area contributed by atoms with Gasteiger partial charge in [-0.25, -0.2) is 0 Å². The second kappa shape index (κ2) is 4.94. The average molecular weight is 267 g/mol. The van der Waals surface area contributed by atoms with Gasteiger partial charge in [-0.15, -0.1) is 11.3 Å². The van der Waals surface area contributed by atoms with Gasteiger partial charge in [0.2, 0.25) is 0 Å². The maximum atomic E-state index is 12.3. The Labute approximate surface area is 115 Å². The number of Topliss-reactive ketones (excluding diaryl/α,β-unsaturated/α-hetero) is 1. The lowest BCUT2D eigenvalue weighted by Crippen LogP contribution is -2.03. The first-order valence-electron chi connectivity index (χ1n) is 6.15. The van der Waals surface area contributed by atoms with E-state index in [-0.39, 0.29) is 5.78 Å². The van der Waals surface area contributed by atoms with Crippen LogP contribution in [0.1, 0.15) is 20.8 Å². The molecule has 0 aliphatic carbocycles. The molecule has 0 unspecified atom stereocenters. The van der Waals surface area contributed by atoms with E-state index in [9.17, 15) is 4.79 Å². The van der Waals surface area contributed by atoms with Crippen LogP contribution in [0.3, 0.4) is 0 Å². The van der Waals surface area contributed by atoms with Gasteiger partial charge in [0.15, 0.2) is 5.78 Å². The van der Waals surface area contributed by atoms with Gasteiger partial charge in [-0.3, -0.25) is 9.78 Å². The highest BCUT2D eigenvalue weighted by Crippen LogP contribution is 2.21. The summed E-state index contributed by atoms with van der Waals surface area (Å²) in [6.45, 7) is 1.98. The van der Waals surface area contributed by atoms with Gasteiger partial charge in [0.1, 0.15) is 0 Å². The summed E-state index contributed by atoms with van der Waals surface area (Å²) in [4.78, 5) is 17.6. The molecule has 1 aromatic carbocycles. The minimum Gasteiger partial charge on any atom is -0.293 e. The Bertz CT molecular complexity index is 740. The summed E-state index contributed by atoms with van der Waals surface area (Å²) >= 11 is 1.51. The van der Waals surface area contributed by atoms with E-state index < -0.39 is 0 Å². The molecular formula is C16H13NOS. The predicted molar refractivity (Wildman–Crippen MR) is 78.8 cm³/mol. The average Bonchev–Trinajstić information content (AvgIpc) is 2.85. The monoisotopic (exact) mass is 267 g/mol. The maximum absolute atomic E-state index is 12.3. The van der Waals surface area contributed by atoms with E-state index in [0.717, 1.165) is 26.9 Å². The van der Waals surface area contributed by atoms with Gasteiger partial charge in [0, 0.05) is 18.0 Å². The van der Waals surface area contributed by atoms with Crippen molar-refractivity contribution in [3.63, 3.8) is 0 Å². The minimum absolute atomic E-state index is 0.172. The van der Waals surface area contributed by atoms with Gasteiger partial charge in [0.25, 0.3) is 0 Å². The zero-order valence-electron chi connectivity index (χ0n) is 10.6. The third-order valence-electron chi connectivity index (χ3n) is 3.18. The number of nitrogens with zero attached hydrogens (tertiary/aromatic N) is 1. The number of hydrogen-bond acceptors (Lipinski definition) is 3. The Morgan fingerprint density at radius 3 is 2.84 bits per heavy atom. The van der Waals surface area contributed by atoms with Crippen molar-refractivity contribution in [1.29, 1.82) is 0 Å². The normalized spacial score (nSPS) is 10.8. The van der Waals surface area contributed by atoms with Crippen LogP contribution < -0.4 is 0 Å². The molecule has 2 nitrogen and oxygen atoms in total. The molecule has 2 heterocycles. The summed E-state index contributed by atoms with van der Waals surface area (Å²) in [5.41, 5.74) is 2.98. The van der Waals surface area contributed by atoms with Crippen LogP contribution in [0.25, 0.3) is 10.9 Å². The van der Waals surface area contributed by atoms with E-state index in [2.05, 4.69) is 4.98 Å². The number of thiophene rings is 1. The molecule has 0 radical (unpaired) electrons. The van der Waals surface area contributed by atoms with E-state index >= 15 is 0 Å². The molecule has 2 aromatic heterocycles. The smallest absolute Gasteiger partial charge is 0.177 e. The molecular weight excluding hydrogens is 254 g/mol. The first-order valence-corrected chi connectivity index (χ1v) is 7.03. The lowest BCUT2D eigenvalue weighted by Gasteiger charge is -2.04. The Balaban J connectivity index is 1.98. The second-order valence-corrected chi connectivity index (χ2v) is 5.44. The van der Waals surface area contributed by atoms with Gasteiger partial charge in [-0.05, 0) is 35.6 Å². The van der Waals surface area contributed by atoms with Crippen molar-refractivity contribution in [2.45, 2.75) is 13.3 Å². The number of carbonyl (C=O) groups excluding carboxylic acids is 1. The summed E-state index contributed by atoms with van der Waals surface area (Å²) < 4.78 is 0. The molecule has 0 bridgehead atoms. The van der Waals surface area contributed by atoms with Crippen molar-refractivity contribution < 1.29 is 4.79 Å². The van der Waals surface area contributed by atoms with Crippen LogP contribution in [0.2, 0.25) is 0 Å². The van der Waals surface area contributed by atoms with E-state index in [4.69, 9.17) is 0 Å². The lowest BCUT2D eigenvalue weighted by atomic mass is 10.0. The molecule has 0 amide bonds. The van der Waals surface area contributed by atoms with Crippen molar-refractivity contribution in [2.24, 2.45) is 0 Å². The molecule has 0 aliphatic rings. The van der Waals surface area contributed by atoms with E-state index in [1.54, 1.807) is 6.20 Å². The summed E-state index contributed by atoms with van der Waals surface area (Å²) in [6.07, 6.45) is 2.18. The first-order chi connectivity index (χ1) is 9.25. The summed E-state index contributed by atoms with van der Waals surface area (Å²) in [6, 6.07) is 11.9. The molecule has 0 atom stereocenters. The van der Waals surface area contributed by atoms with Gasteiger partial charge >= 0.3 is 0 Å². The number of aromatic nitrogens is 1. The zero-order chi connectivity index (χ0) is 13.2. The number of fused-ring (bicyclic) bond motifs is 1. The number of para-hydroxylation sites is 1. The van der Waals surface area contributed by atoms with Crippen molar-refractivity contribution in [2.75, 3.05) is 0 Å². The molecule has 0 saturated carbocycles. The maximum Gasteiger partial charge on any atom is 0.177 e. The number of aryl methyl sites for hydroxylation is 1. The highest BCUT2D eigenvalue weighted by atomic mass is 32.1. The summed E-state index contributed by atoms with van der Waals surface area (Å²) in [7, 11) is 0. The summed E-state index contributed by atoms with van der Waals surface area (Å²) in [5.74, 6) is 0.172. The van der Waals surface area contributed by atoms with Gasteiger partial charge < -0.3 is 0 Å². The van der Waals surface area contributed by atoms with Crippen LogP contribution in [0.4, 0.5) is 0 Å². The van der Waals surface area contributed by atoms with Gasteiger partial charge in [-0.1, -0.05) is 24.3 Å². The molecule has 0 saturated heterocycles. The Kier molecular flexibility index (Phi) is 3.13. The topological polar surface area (TPSA) is 30.0 Å². The Morgan fingerprint density at radius 1 is 1.21 bits per heavy atom. The molecule has 0 N–H and O–H groups in total. The van der Waals surface area contributed by atoms with Crippen LogP contribution in [-0.2, 0) is 6.42 Å². The molecule has 3 aromatic rings. The number of ketones is 1. The van der Waals surface area contributed by atoms with Crippen LogP contribution in [0.15, 0.2) is 48.0 Å². The Hall–Kier alpha value is -2.00. The molecule has 3 heteroatoms. The van der Waals surface area contributed by atoms with Crippen LogP contribution >= 0.6 is 11.3 Å². The van der Waals surface area contributed by atoms with Crippen molar-refractivity contribution in [3.05, 3.63) is 64.0 Å². The number of pyridine rings is 1. The Morgan fingerprint density at radius 2 is 2.05 bits per heavy atom. The number of benzene rings is 1. The third-order valence-corrected chi connectivity index (χ3v) is 4.24. The molecule has 19 heavy (non-hydrogen) atoms. The molecule has 94 valence electrons. The SMILES string of the molecule is Cc1ccsc1C(=O)Cc1cccc2cccnc12.